The molecule has 1 aliphatic heterocycles. The second-order valence-corrected chi connectivity index (χ2v) is 7.71. The van der Waals surface area contributed by atoms with E-state index < -0.39 is 18.0 Å². The lowest BCUT2D eigenvalue weighted by Gasteiger charge is -2.30. The smallest absolute Gasteiger partial charge is 0.338 e. The number of methoxy groups -OCH3 is 1. The van der Waals surface area contributed by atoms with Crippen molar-refractivity contribution in [3.63, 3.8) is 0 Å². The van der Waals surface area contributed by atoms with Gasteiger partial charge in [-0.3, -0.25) is 0 Å². The summed E-state index contributed by atoms with van der Waals surface area (Å²) in [5, 5.41) is 5.39. The normalized spacial score (nSPS) is 17.6. The number of carbonyl (C=O) groups is 2. The van der Waals surface area contributed by atoms with E-state index in [2.05, 4.69) is 42.5 Å². The summed E-state index contributed by atoms with van der Waals surface area (Å²) in [6, 6.07) is 6.13. The van der Waals surface area contributed by atoms with Gasteiger partial charge in [-0.05, 0) is 24.6 Å². The standard InChI is InChI=1S/C15H16Br2N2O4/c1-3-23-14(20)10-11(8-4-6-9(22-2)7-5-8)18-15(21)19-12(10)13(16)17/h4-7,11,13H,3H2,1-2H3,(H2,18,19,21)/t11-/m1/s1. The highest BCUT2D eigenvalue weighted by Gasteiger charge is 2.35. The molecule has 1 atom stereocenters. The molecule has 0 radical (unpaired) electrons. The van der Waals surface area contributed by atoms with Crippen LogP contribution in [0.1, 0.15) is 18.5 Å². The summed E-state index contributed by atoms with van der Waals surface area (Å²) in [7, 11) is 1.57. The molecule has 0 aliphatic carbocycles. The molecule has 1 aromatic carbocycles. The van der Waals surface area contributed by atoms with Crippen molar-refractivity contribution in [1.82, 2.24) is 10.6 Å². The van der Waals surface area contributed by atoms with Crippen molar-refractivity contribution >= 4 is 43.9 Å². The number of allylic oxidation sites excluding steroid dienone is 1. The van der Waals surface area contributed by atoms with Gasteiger partial charge >= 0.3 is 12.0 Å². The summed E-state index contributed by atoms with van der Waals surface area (Å²) >= 11 is 6.67. The molecule has 1 aliphatic rings. The number of benzene rings is 1. The van der Waals surface area contributed by atoms with Gasteiger partial charge in [-0.2, -0.15) is 0 Å². The molecule has 0 spiro atoms. The third-order valence-electron chi connectivity index (χ3n) is 3.27. The molecule has 1 aromatic rings. The molecule has 0 saturated carbocycles. The maximum absolute atomic E-state index is 12.4. The van der Waals surface area contributed by atoms with Gasteiger partial charge in [0, 0.05) is 0 Å². The maximum Gasteiger partial charge on any atom is 0.338 e. The predicted molar refractivity (Wildman–Crippen MR) is 92.7 cm³/mol. The highest BCUT2D eigenvalue weighted by Crippen LogP contribution is 2.33. The first-order chi connectivity index (χ1) is 11.0. The average molecular weight is 448 g/mol. The Bertz CT molecular complexity index is 629. The lowest BCUT2D eigenvalue weighted by Crippen LogP contribution is -2.47. The van der Waals surface area contributed by atoms with E-state index in [-0.39, 0.29) is 10.3 Å². The van der Waals surface area contributed by atoms with Crippen LogP contribution in [0.5, 0.6) is 5.75 Å². The largest absolute Gasteiger partial charge is 0.497 e. The topological polar surface area (TPSA) is 76.7 Å². The molecular weight excluding hydrogens is 432 g/mol. The van der Waals surface area contributed by atoms with Gasteiger partial charge < -0.3 is 20.1 Å². The molecule has 0 bridgehead atoms. The number of hydrogen-bond donors (Lipinski definition) is 2. The number of urea groups is 1. The second-order valence-electron chi connectivity index (χ2n) is 4.65. The first kappa shape index (κ1) is 17.8. The first-order valence-corrected chi connectivity index (χ1v) is 8.71. The van der Waals surface area contributed by atoms with E-state index in [0.29, 0.717) is 17.0 Å². The molecule has 0 unspecified atom stereocenters. The van der Waals surface area contributed by atoms with E-state index in [1.165, 1.54) is 0 Å². The van der Waals surface area contributed by atoms with Crippen molar-refractivity contribution in [1.29, 1.82) is 0 Å². The summed E-state index contributed by atoms with van der Waals surface area (Å²) in [4.78, 5) is 24.3. The molecule has 23 heavy (non-hydrogen) atoms. The quantitative estimate of drug-likeness (QED) is 0.537. The third kappa shape index (κ3) is 4.06. The van der Waals surface area contributed by atoms with Crippen molar-refractivity contribution in [2.24, 2.45) is 0 Å². The Kier molecular flexibility index (Phi) is 6.06. The zero-order valence-electron chi connectivity index (χ0n) is 12.6. The van der Waals surface area contributed by atoms with Crippen molar-refractivity contribution < 1.29 is 19.1 Å². The summed E-state index contributed by atoms with van der Waals surface area (Å²) in [6.45, 7) is 1.98. The van der Waals surface area contributed by atoms with Gasteiger partial charge in [0.1, 0.15) is 9.49 Å². The molecule has 8 heteroatoms. The third-order valence-corrected chi connectivity index (χ3v) is 4.18. The van der Waals surface area contributed by atoms with Gasteiger partial charge in [-0.15, -0.1) is 0 Å². The fraction of sp³-hybridized carbons (Fsp3) is 0.333. The molecule has 6 nitrogen and oxygen atoms in total. The Labute approximate surface area is 150 Å². The minimum Gasteiger partial charge on any atom is -0.497 e. The van der Waals surface area contributed by atoms with Crippen LogP contribution in [0.25, 0.3) is 0 Å². The van der Waals surface area contributed by atoms with Gasteiger partial charge in [0.2, 0.25) is 0 Å². The molecule has 0 fully saturated rings. The van der Waals surface area contributed by atoms with Gasteiger partial charge in [-0.25, -0.2) is 9.59 Å². The van der Waals surface area contributed by atoms with Crippen LogP contribution in [0, 0.1) is 0 Å². The first-order valence-electron chi connectivity index (χ1n) is 6.88. The molecule has 2 N–H and O–H groups in total. The van der Waals surface area contributed by atoms with Crippen LogP contribution in [0.3, 0.4) is 0 Å². The monoisotopic (exact) mass is 446 g/mol. The number of hydrogen-bond acceptors (Lipinski definition) is 4. The van der Waals surface area contributed by atoms with Crippen LogP contribution < -0.4 is 15.4 Å². The van der Waals surface area contributed by atoms with Gasteiger partial charge in [0.05, 0.1) is 31.0 Å². The van der Waals surface area contributed by atoms with Crippen LogP contribution in [0.15, 0.2) is 35.5 Å². The van der Waals surface area contributed by atoms with Crippen LogP contribution in [-0.2, 0) is 9.53 Å². The van der Waals surface area contributed by atoms with E-state index in [9.17, 15) is 9.59 Å². The molecule has 2 amide bonds. The molecule has 1 heterocycles. The van der Waals surface area contributed by atoms with E-state index in [1.807, 2.05) is 0 Å². The number of ether oxygens (including phenoxy) is 2. The van der Waals surface area contributed by atoms with E-state index in [4.69, 9.17) is 9.47 Å². The Balaban J connectivity index is 2.49. The minimum absolute atomic E-state index is 0.244. The van der Waals surface area contributed by atoms with E-state index >= 15 is 0 Å². The summed E-state index contributed by atoms with van der Waals surface area (Å²) in [5.74, 6) is 0.203. The van der Waals surface area contributed by atoms with E-state index in [1.54, 1.807) is 38.3 Å². The Hall–Kier alpha value is -1.54. The van der Waals surface area contributed by atoms with Gasteiger partial charge in [0.25, 0.3) is 0 Å². The molecule has 124 valence electrons. The lowest BCUT2D eigenvalue weighted by atomic mass is 9.95. The molecule has 0 saturated heterocycles. The fourth-order valence-corrected chi connectivity index (χ4v) is 2.96. The van der Waals surface area contributed by atoms with Crippen LogP contribution >= 0.6 is 31.9 Å². The highest BCUT2D eigenvalue weighted by atomic mass is 79.9. The van der Waals surface area contributed by atoms with Crippen molar-refractivity contribution in [3.8, 4) is 5.75 Å². The number of carbonyl (C=O) groups excluding carboxylic acids is 2. The zero-order chi connectivity index (χ0) is 17.0. The fourth-order valence-electron chi connectivity index (χ4n) is 2.24. The molecule has 0 aromatic heterocycles. The van der Waals surface area contributed by atoms with Crippen LogP contribution in [0.2, 0.25) is 0 Å². The summed E-state index contributed by atoms with van der Waals surface area (Å²) < 4.78 is 9.88. The van der Waals surface area contributed by atoms with Gasteiger partial charge in [-0.1, -0.05) is 44.0 Å². The van der Waals surface area contributed by atoms with Crippen LogP contribution in [-0.4, -0.2) is 29.5 Å². The number of alkyl halides is 2. The Morgan fingerprint density at radius 1 is 1.30 bits per heavy atom. The van der Waals surface area contributed by atoms with Crippen molar-refractivity contribution in [2.75, 3.05) is 13.7 Å². The summed E-state index contributed by atoms with van der Waals surface area (Å²) in [6.07, 6.45) is 0. The van der Waals surface area contributed by atoms with Crippen molar-refractivity contribution in [3.05, 3.63) is 41.1 Å². The van der Waals surface area contributed by atoms with E-state index in [0.717, 1.165) is 5.56 Å². The molecule has 2 rings (SSSR count). The molecular formula is C15H16Br2N2O4. The zero-order valence-corrected chi connectivity index (χ0v) is 15.7. The second kappa shape index (κ2) is 7.83. The Morgan fingerprint density at radius 3 is 2.48 bits per heavy atom. The number of amides is 2. The number of esters is 1. The maximum atomic E-state index is 12.4. The number of nitrogens with one attached hydrogen (secondary N) is 2. The minimum atomic E-state index is -0.610. The summed E-state index contributed by atoms with van der Waals surface area (Å²) in [5.41, 5.74) is 1.52. The van der Waals surface area contributed by atoms with Crippen LogP contribution in [0.4, 0.5) is 4.79 Å². The Morgan fingerprint density at radius 2 is 1.96 bits per heavy atom. The number of halogens is 2. The SMILES string of the molecule is CCOC(=O)C1=C(C(Br)Br)NC(=O)N[C@@H]1c1ccc(OC)cc1. The van der Waals surface area contributed by atoms with Crippen molar-refractivity contribution in [2.45, 2.75) is 16.7 Å². The highest BCUT2D eigenvalue weighted by molar-refractivity contribution is 9.24. The lowest BCUT2D eigenvalue weighted by molar-refractivity contribution is -0.139. The number of rotatable bonds is 5. The predicted octanol–water partition coefficient (Wildman–Crippen LogP) is 2.98. The van der Waals surface area contributed by atoms with Gasteiger partial charge in [0.15, 0.2) is 0 Å². The average Bonchev–Trinajstić information content (AvgIpc) is 2.54.